The van der Waals surface area contributed by atoms with Crippen LogP contribution in [0.3, 0.4) is 0 Å². The fourth-order valence-electron chi connectivity index (χ4n) is 3.63. The molecule has 0 unspecified atom stereocenters. The first kappa shape index (κ1) is 18.0. The van der Waals surface area contributed by atoms with Gasteiger partial charge in [-0.1, -0.05) is 19.3 Å². The minimum atomic E-state index is -0.405. The van der Waals surface area contributed by atoms with Crippen molar-refractivity contribution in [1.29, 1.82) is 0 Å². The molecule has 4 rings (SSSR count). The number of thiazole rings is 1. The van der Waals surface area contributed by atoms with Gasteiger partial charge in [0.05, 0.1) is 36.0 Å². The van der Waals surface area contributed by atoms with E-state index in [1.54, 1.807) is 22.5 Å². The van der Waals surface area contributed by atoms with Gasteiger partial charge in [0, 0.05) is 6.04 Å². The summed E-state index contributed by atoms with van der Waals surface area (Å²) in [7, 11) is 1.36. The Balaban J connectivity index is 1.37. The lowest BCUT2D eigenvalue weighted by molar-refractivity contribution is 0.0436. The third-order valence-corrected chi connectivity index (χ3v) is 5.96. The second kappa shape index (κ2) is 7.72. The minimum Gasteiger partial charge on any atom is -0.484 e. The summed E-state index contributed by atoms with van der Waals surface area (Å²) < 4.78 is 11.7. The zero-order chi connectivity index (χ0) is 18.8. The molecule has 2 amide bonds. The van der Waals surface area contributed by atoms with Crippen LogP contribution in [0.5, 0.6) is 5.75 Å². The predicted molar refractivity (Wildman–Crippen MR) is 102 cm³/mol. The first-order chi connectivity index (χ1) is 13.1. The van der Waals surface area contributed by atoms with E-state index in [4.69, 9.17) is 9.47 Å². The number of nitrogens with zero attached hydrogens (tertiary/aromatic N) is 2. The monoisotopic (exact) mass is 389 g/mol. The Morgan fingerprint density at radius 3 is 2.74 bits per heavy atom. The van der Waals surface area contributed by atoms with E-state index < -0.39 is 5.97 Å². The normalized spacial score (nSPS) is 18.2. The molecule has 1 saturated carbocycles. The number of ether oxygens (including phenoxy) is 2. The fourth-order valence-corrected chi connectivity index (χ4v) is 4.36. The maximum absolute atomic E-state index is 12.3. The van der Waals surface area contributed by atoms with Crippen molar-refractivity contribution in [2.75, 3.05) is 20.2 Å². The van der Waals surface area contributed by atoms with E-state index in [0.29, 0.717) is 30.4 Å². The van der Waals surface area contributed by atoms with Crippen LogP contribution in [0.1, 0.15) is 42.5 Å². The summed E-state index contributed by atoms with van der Waals surface area (Å²) in [4.78, 5) is 30.3. The number of methoxy groups -OCH3 is 1. The van der Waals surface area contributed by atoms with E-state index >= 15 is 0 Å². The van der Waals surface area contributed by atoms with Gasteiger partial charge in [0.1, 0.15) is 17.4 Å². The maximum Gasteiger partial charge on any atom is 0.338 e. The van der Waals surface area contributed by atoms with Gasteiger partial charge in [0.2, 0.25) is 0 Å². The van der Waals surface area contributed by atoms with E-state index in [1.807, 2.05) is 0 Å². The van der Waals surface area contributed by atoms with Crippen molar-refractivity contribution < 1.29 is 19.1 Å². The summed E-state index contributed by atoms with van der Waals surface area (Å²) in [6.45, 7) is 1.07. The van der Waals surface area contributed by atoms with Gasteiger partial charge in [-0.2, -0.15) is 0 Å². The number of hydrogen-bond donors (Lipinski definition) is 1. The molecule has 2 heterocycles. The Kier molecular flexibility index (Phi) is 5.15. The lowest BCUT2D eigenvalue weighted by Crippen LogP contribution is -2.60. The Morgan fingerprint density at radius 2 is 2.00 bits per heavy atom. The molecule has 1 aliphatic heterocycles. The van der Waals surface area contributed by atoms with E-state index in [0.717, 1.165) is 23.1 Å². The molecule has 2 aliphatic rings. The highest BCUT2D eigenvalue weighted by Gasteiger charge is 2.34. The maximum atomic E-state index is 12.3. The molecule has 144 valence electrons. The van der Waals surface area contributed by atoms with Crippen LogP contribution >= 0.6 is 11.3 Å². The van der Waals surface area contributed by atoms with Crippen LogP contribution < -0.4 is 10.1 Å². The van der Waals surface area contributed by atoms with Crippen molar-refractivity contribution in [1.82, 2.24) is 15.2 Å². The smallest absolute Gasteiger partial charge is 0.338 e. The summed E-state index contributed by atoms with van der Waals surface area (Å²) in [5.74, 6) is 0.156. The van der Waals surface area contributed by atoms with E-state index in [-0.39, 0.29) is 12.1 Å². The lowest BCUT2D eigenvalue weighted by Gasteiger charge is -2.40. The van der Waals surface area contributed by atoms with Crippen molar-refractivity contribution in [3.05, 3.63) is 23.2 Å². The number of nitrogens with one attached hydrogen (secondary N) is 1. The van der Waals surface area contributed by atoms with Gasteiger partial charge in [0.25, 0.3) is 0 Å². The molecule has 1 aromatic heterocycles. The molecule has 2 aromatic rings. The number of esters is 1. The Labute approximate surface area is 161 Å². The quantitative estimate of drug-likeness (QED) is 0.813. The summed E-state index contributed by atoms with van der Waals surface area (Å²) in [5.41, 5.74) is 2.90. The van der Waals surface area contributed by atoms with Gasteiger partial charge < -0.3 is 19.7 Å². The number of aromatic nitrogens is 1. The van der Waals surface area contributed by atoms with Crippen molar-refractivity contribution >= 4 is 33.6 Å². The molecule has 0 bridgehead atoms. The summed E-state index contributed by atoms with van der Waals surface area (Å²) >= 11 is 1.45. The third-order valence-electron chi connectivity index (χ3n) is 5.18. The standard InChI is InChI=1S/C19H23N3O4S/c1-25-18(23)12-7-15(17-16(8-12)27-11-20-17)26-14-9-22(10-14)19(24)21-13-5-3-2-4-6-13/h7-8,11,13-14H,2-6,9-10H2,1H3,(H,21,24). The molecule has 8 heteroatoms. The average molecular weight is 389 g/mol. The van der Waals surface area contributed by atoms with Crippen molar-refractivity contribution in [2.45, 2.75) is 44.2 Å². The molecule has 1 N–H and O–H groups in total. The summed E-state index contributed by atoms with van der Waals surface area (Å²) in [5, 5.41) is 3.12. The van der Waals surface area contributed by atoms with E-state index in [2.05, 4.69) is 10.3 Å². The molecular weight excluding hydrogens is 366 g/mol. The number of carbonyl (C=O) groups excluding carboxylic acids is 2. The predicted octanol–water partition coefficient (Wildman–Crippen LogP) is 3.19. The highest BCUT2D eigenvalue weighted by molar-refractivity contribution is 7.16. The average Bonchev–Trinajstić information content (AvgIpc) is 3.13. The number of amides is 2. The zero-order valence-electron chi connectivity index (χ0n) is 15.3. The molecule has 7 nitrogen and oxygen atoms in total. The Hall–Kier alpha value is -2.35. The second-order valence-electron chi connectivity index (χ2n) is 7.09. The largest absolute Gasteiger partial charge is 0.484 e. The van der Waals surface area contributed by atoms with Crippen LogP contribution in [0, 0.1) is 0 Å². The van der Waals surface area contributed by atoms with Crippen LogP contribution in [0.25, 0.3) is 10.2 Å². The number of hydrogen-bond acceptors (Lipinski definition) is 6. The fraction of sp³-hybridized carbons (Fsp3) is 0.526. The zero-order valence-corrected chi connectivity index (χ0v) is 16.1. The first-order valence-corrected chi connectivity index (χ1v) is 10.2. The van der Waals surface area contributed by atoms with Gasteiger partial charge in [-0.25, -0.2) is 14.6 Å². The molecule has 0 spiro atoms. The van der Waals surface area contributed by atoms with Crippen LogP contribution in [-0.2, 0) is 4.74 Å². The highest BCUT2D eigenvalue weighted by atomic mass is 32.1. The van der Waals surface area contributed by atoms with Crippen molar-refractivity contribution in [3.8, 4) is 5.75 Å². The number of benzene rings is 1. The Bertz CT molecular complexity index is 841. The van der Waals surface area contributed by atoms with Crippen molar-refractivity contribution in [2.24, 2.45) is 0 Å². The highest BCUT2D eigenvalue weighted by Crippen LogP contribution is 2.31. The Morgan fingerprint density at radius 1 is 1.22 bits per heavy atom. The number of rotatable bonds is 4. The molecular formula is C19H23N3O4S. The molecule has 0 atom stereocenters. The van der Waals surface area contributed by atoms with E-state index in [9.17, 15) is 9.59 Å². The third kappa shape index (κ3) is 3.85. The van der Waals surface area contributed by atoms with Crippen molar-refractivity contribution in [3.63, 3.8) is 0 Å². The van der Waals surface area contributed by atoms with Gasteiger partial charge >= 0.3 is 12.0 Å². The lowest BCUT2D eigenvalue weighted by atomic mass is 9.95. The molecule has 1 aliphatic carbocycles. The second-order valence-corrected chi connectivity index (χ2v) is 7.98. The van der Waals surface area contributed by atoms with Gasteiger partial charge in [-0.3, -0.25) is 0 Å². The molecule has 2 fully saturated rings. The van der Waals surface area contributed by atoms with Gasteiger partial charge in [-0.15, -0.1) is 11.3 Å². The summed E-state index contributed by atoms with van der Waals surface area (Å²) in [6.07, 6.45) is 5.69. The number of fused-ring (bicyclic) bond motifs is 1. The molecule has 1 aromatic carbocycles. The van der Waals surface area contributed by atoms with Gasteiger partial charge in [0.15, 0.2) is 0 Å². The topological polar surface area (TPSA) is 80.8 Å². The number of urea groups is 1. The minimum absolute atomic E-state index is 0.0103. The number of carbonyl (C=O) groups is 2. The van der Waals surface area contributed by atoms with Crippen LogP contribution in [0.2, 0.25) is 0 Å². The van der Waals surface area contributed by atoms with Crippen LogP contribution in [0.15, 0.2) is 17.6 Å². The van der Waals surface area contributed by atoms with Gasteiger partial charge in [-0.05, 0) is 25.0 Å². The molecule has 0 radical (unpaired) electrons. The summed E-state index contributed by atoms with van der Waals surface area (Å²) in [6, 6.07) is 3.72. The first-order valence-electron chi connectivity index (χ1n) is 9.31. The number of likely N-dealkylation sites (tertiary alicyclic amines) is 1. The molecule has 1 saturated heterocycles. The SMILES string of the molecule is COC(=O)c1cc(OC2CN(C(=O)NC3CCCCC3)C2)c2ncsc2c1. The van der Waals surface area contributed by atoms with Crippen LogP contribution in [-0.4, -0.2) is 54.2 Å². The van der Waals surface area contributed by atoms with E-state index in [1.165, 1.54) is 37.7 Å². The van der Waals surface area contributed by atoms with Crippen LogP contribution in [0.4, 0.5) is 4.79 Å². The molecule has 27 heavy (non-hydrogen) atoms.